The van der Waals surface area contributed by atoms with Gasteiger partial charge in [0, 0.05) is 56.3 Å². The van der Waals surface area contributed by atoms with Crippen molar-refractivity contribution >= 4 is 104 Å². The van der Waals surface area contributed by atoms with Crippen LogP contribution in [0.15, 0.2) is 191 Å². The van der Waals surface area contributed by atoms with E-state index in [0.717, 1.165) is 88.2 Å². The van der Waals surface area contributed by atoms with Crippen LogP contribution in [0.5, 0.6) is 0 Å². The Kier molecular flexibility index (Phi) is 6.76. The minimum atomic E-state index is 0.847. The van der Waals surface area contributed by atoms with Crippen molar-refractivity contribution in [1.29, 1.82) is 0 Å². The Morgan fingerprint density at radius 2 is 0.893 bits per heavy atom. The molecule has 0 saturated carbocycles. The maximum absolute atomic E-state index is 6.56. The molecule has 12 aromatic rings. The maximum Gasteiger partial charge on any atom is 0.137 e. The standard InChI is InChI=1S/C51H30N2O2S/c1-3-9-39-33(7-1)19-27-44-49(39)41-25-23-37(29-46(41)54-44)53(38-24-26-42-47(30-38)55-45-28-20-34-8-2-4-10-40(34)50(42)45)36-21-17-32(18-22-36)31-13-15-35(16-14-31)51-52-43-11-5-6-12-48(43)56-51/h1-30H. The van der Waals surface area contributed by atoms with Crippen LogP contribution < -0.4 is 4.90 Å². The number of thiazole rings is 1. The molecule has 0 aliphatic rings. The fourth-order valence-electron chi connectivity index (χ4n) is 8.40. The normalized spacial score (nSPS) is 11.9. The third-order valence-electron chi connectivity index (χ3n) is 11.1. The summed E-state index contributed by atoms with van der Waals surface area (Å²) in [6.45, 7) is 0. The third-order valence-corrected chi connectivity index (χ3v) is 12.2. The van der Waals surface area contributed by atoms with Crippen molar-refractivity contribution in [1.82, 2.24) is 4.98 Å². The van der Waals surface area contributed by atoms with Crippen molar-refractivity contribution in [2.45, 2.75) is 0 Å². The molecule has 56 heavy (non-hydrogen) atoms. The van der Waals surface area contributed by atoms with Crippen molar-refractivity contribution in [3.63, 3.8) is 0 Å². The summed E-state index contributed by atoms with van der Waals surface area (Å²) in [4.78, 5) is 7.15. The monoisotopic (exact) mass is 734 g/mol. The average Bonchev–Trinajstić information content (AvgIpc) is 3.97. The molecule has 0 aliphatic heterocycles. The van der Waals surface area contributed by atoms with E-state index in [-0.39, 0.29) is 0 Å². The molecule has 12 rings (SSSR count). The number of furan rings is 2. The highest BCUT2D eigenvalue weighted by molar-refractivity contribution is 7.21. The van der Waals surface area contributed by atoms with E-state index in [1.54, 1.807) is 11.3 Å². The van der Waals surface area contributed by atoms with Crippen LogP contribution in [0.3, 0.4) is 0 Å². The molecule has 0 N–H and O–H groups in total. The Morgan fingerprint density at radius 3 is 1.48 bits per heavy atom. The Labute approximate surface area is 325 Å². The summed E-state index contributed by atoms with van der Waals surface area (Å²) < 4.78 is 14.3. The van der Waals surface area contributed by atoms with Gasteiger partial charge in [0.05, 0.1) is 10.2 Å². The molecular weight excluding hydrogens is 705 g/mol. The molecule has 4 nitrogen and oxygen atoms in total. The predicted octanol–water partition coefficient (Wildman–Crippen LogP) is 15.2. The molecule has 3 aromatic heterocycles. The van der Waals surface area contributed by atoms with E-state index in [1.807, 2.05) is 6.07 Å². The molecule has 5 heteroatoms. The molecule has 0 spiro atoms. The van der Waals surface area contributed by atoms with Crippen molar-refractivity contribution < 1.29 is 8.83 Å². The summed E-state index contributed by atoms with van der Waals surface area (Å²) in [5.41, 5.74) is 10.9. The zero-order valence-electron chi connectivity index (χ0n) is 29.9. The van der Waals surface area contributed by atoms with Gasteiger partial charge in [-0.05, 0) is 93.3 Å². The summed E-state index contributed by atoms with van der Waals surface area (Å²) >= 11 is 1.73. The Bertz CT molecular complexity index is 3300. The zero-order chi connectivity index (χ0) is 36.7. The van der Waals surface area contributed by atoms with Crippen molar-refractivity contribution in [2.24, 2.45) is 0 Å². The Balaban J connectivity index is 0.976. The van der Waals surface area contributed by atoms with Gasteiger partial charge in [0.25, 0.3) is 0 Å². The first kappa shape index (κ1) is 31.2. The molecule has 0 bridgehead atoms. The highest BCUT2D eigenvalue weighted by Gasteiger charge is 2.19. The van der Waals surface area contributed by atoms with Gasteiger partial charge in [-0.1, -0.05) is 109 Å². The lowest BCUT2D eigenvalue weighted by atomic mass is 10.0. The second kappa shape index (κ2) is 12.2. The van der Waals surface area contributed by atoms with Crippen LogP contribution in [0.1, 0.15) is 0 Å². The van der Waals surface area contributed by atoms with Crippen LogP contribution in [0.25, 0.3) is 97.3 Å². The molecule has 0 atom stereocenters. The minimum absolute atomic E-state index is 0.847. The third kappa shape index (κ3) is 4.88. The highest BCUT2D eigenvalue weighted by atomic mass is 32.1. The lowest BCUT2D eigenvalue weighted by molar-refractivity contribution is 0.669. The van der Waals surface area contributed by atoms with Gasteiger partial charge in [0.1, 0.15) is 27.3 Å². The van der Waals surface area contributed by atoms with E-state index in [0.29, 0.717) is 0 Å². The van der Waals surface area contributed by atoms with Gasteiger partial charge < -0.3 is 13.7 Å². The predicted molar refractivity (Wildman–Crippen MR) is 235 cm³/mol. The van der Waals surface area contributed by atoms with Gasteiger partial charge in [-0.15, -0.1) is 11.3 Å². The van der Waals surface area contributed by atoms with Gasteiger partial charge in [-0.2, -0.15) is 0 Å². The largest absolute Gasteiger partial charge is 0.456 e. The van der Waals surface area contributed by atoms with Crippen molar-refractivity contribution in [2.75, 3.05) is 4.90 Å². The van der Waals surface area contributed by atoms with Crippen LogP contribution in [-0.2, 0) is 0 Å². The van der Waals surface area contributed by atoms with E-state index >= 15 is 0 Å². The fourth-order valence-corrected chi connectivity index (χ4v) is 9.37. The topological polar surface area (TPSA) is 42.4 Å². The van der Waals surface area contributed by atoms with Crippen molar-refractivity contribution in [3.8, 4) is 21.7 Å². The molecule has 0 radical (unpaired) electrons. The van der Waals surface area contributed by atoms with Crippen LogP contribution in [-0.4, -0.2) is 4.98 Å². The molecule has 0 amide bonds. The smallest absolute Gasteiger partial charge is 0.137 e. The van der Waals surface area contributed by atoms with Crippen LogP contribution in [0, 0.1) is 0 Å². The molecule has 262 valence electrons. The fraction of sp³-hybridized carbons (Fsp3) is 0. The number of hydrogen-bond acceptors (Lipinski definition) is 5. The number of benzene rings is 9. The Morgan fingerprint density at radius 1 is 0.393 bits per heavy atom. The molecule has 0 unspecified atom stereocenters. The quantitative estimate of drug-likeness (QED) is 0.177. The lowest BCUT2D eigenvalue weighted by Gasteiger charge is -2.25. The van der Waals surface area contributed by atoms with Gasteiger partial charge in [0.2, 0.25) is 0 Å². The number of aromatic nitrogens is 1. The SMILES string of the molecule is c1ccc2c(c1)ccc1oc3cc(N(c4ccc(-c5ccc(-c6nc7ccccc7s6)cc5)cc4)c4ccc5c(c4)oc4ccc6ccccc6c45)ccc3c12. The minimum Gasteiger partial charge on any atom is -0.456 e. The molecule has 3 heterocycles. The highest BCUT2D eigenvalue weighted by Crippen LogP contribution is 2.43. The number of hydrogen-bond donors (Lipinski definition) is 0. The molecule has 9 aromatic carbocycles. The first-order valence-electron chi connectivity index (χ1n) is 18.8. The summed E-state index contributed by atoms with van der Waals surface area (Å²) in [7, 11) is 0. The number of para-hydroxylation sites is 1. The second-order valence-electron chi connectivity index (χ2n) is 14.3. The maximum atomic E-state index is 6.56. The van der Waals surface area contributed by atoms with Crippen molar-refractivity contribution in [3.05, 3.63) is 182 Å². The molecular formula is C51H30N2O2S. The Hall–Kier alpha value is -7.21. The van der Waals surface area contributed by atoms with E-state index < -0.39 is 0 Å². The first-order chi connectivity index (χ1) is 27.7. The van der Waals surface area contributed by atoms with Gasteiger partial charge >= 0.3 is 0 Å². The van der Waals surface area contributed by atoms with E-state index in [1.165, 1.54) is 26.2 Å². The number of fused-ring (bicyclic) bond motifs is 11. The summed E-state index contributed by atoms with van der Waals surface area (Å²) in [5.74, 6) is 0. The molecule has 0 fully saturated rings. The number of anilines is 3. The number of rotatable bonds is 5. The second-order valence-corrected chi connectivity index (χ2v) is 15.4. The molecule has 0 aliphatic carbocycles. The summed E-state index contributed by atoms with van der Waals surface area (Å²) in [6, 6.07) is 64.4. The van der Waals surface area contributed by atoms with E-state index in [2.05, 4.69) is 181 Å². The zero-order valence-corrected chi connectivity index (χ0v) is 30.8. The van der Waals surface area contributed by atoms with Gasteiger partial charge in [-0.25, -0.2) is 4.98 Å². The van der Waals surface area contributed by atoms with Gasteiger partial charge in [-0.3, -0.25) is 0 Å². The van der Waals surface area contributed by atoms with Crippen LogP contribution in [0.2, 0.25) is 0 Å². The van der Waals surface area contributed by atoms with E-state index in [9.17, 15) is 0 Å². The lowest BCUT2D eigenvalue weighted by Crippen LogP contribution is -2.09. The average molecular weight is 735 g/mol. The summed E-state index contributed by atoms with van der Waals surface area (Å²) in [5, 5.41) is 10.3. The molecule has 0 saturated heterocycles. The van der Waals surface area contributed by atoms with Crippen LogP contribution in [0.4, 0.5) is 17.1 Å². The first-order valence-corrected chi connectivity index (χ1v) is 19.6. The van der Waals surface area contributed by atoms with Gasteiger partial charge in [0.15, 0.2) is 0 Å². The van der Waals surface area contributed by atoms with E-state index in [4.69, 9.17) is 13.8 Å². The van der Waals surface area contributed by atoms with Crippen LogP contribution >= 0.6 is 11.3 Å². The summed E-state index contributed by atoms with van der Waals surface area (Å²) in [6.07, 6.45) is 0. The number of nitrogens with zero attached hydrogens (tertiary/aromatic N) is 2.